The van der Waals surface area contributed by atoms with Crippen molar-refractivity contribution in [3.05, 3.63) is 84.4 Å². The molecule has 2 amide bonds. The maximum Gasteiger partial charge on any atom is 0.255 e. The van der Waals surface area contributed by atoms with Crippen LogP contribution in [0.4, 0.5) is 11.4 Å². The summed E-state index contributed by atoms with van der Waals surface area (Å²) in [5.74, 6) is 1.52. The summed E-state index contributed by atoms with van der Waals surface area (Å²) < 4.78 is 11.2. The van der Waals surface area contributed by atoms with E-state index in [1.165, 1.54) is 0 Å². The van der Waals surface area contributed by atoms with Crippen LogP contribution < -0.4 is 20.1 Å². The van der Waals surface area contributed by atoms with Gasteiger partial charge in [0.15, 0.2) is 0 Å². The molecule has 0 aliphatic rings. The van der Waals surface area contributed by atoms with Gasteiger partial charge < -0.3 is 20.1 Å². The van der Waals surface area contributed by atoms with Crippen LogP contribution in [0.25, 0.3) is 0 Å². The van der Waals surface area contributed by atoms with Crippen molar-refractivity contribution in [3.8, 4) is 11.5 Å². The summed E-state index contributed by atoms with van der Waals surface area (Å²) in [7, 11) is 0. The minimum Gasteiger partial charge on any atom is -0.490 e. The lowest BCUT2D eigenvalue weighted by Gasteiger charge is -2.10. The molecule has 6 heteroatoms. The third-order valence-corrected chi connectivity index (χ3v) is 4.50. The topological polar surface area (TPSA) is 76.7 Å². The van der Waals surface area contributed by atoms with Crippen molar-refractivity contribution in [1.29, 1.82) is 0 Å². The maximum atomic E-state index is 12.5. The van der Waals surface area contributed by atoms with Crippen molar-refractivity contribution in [1.82, 2.24) is 0 Å². The van der Waals surface area contributed by atoms with Gasteiger partial charge in [-0.2, -0.15) is 0 Å². The molecule has 0 spiro atoms. The summed E-state index contributed by atoms with van der Waals surface area (Å²) in [6.45, 7) is 4.83. The highest BCUT2D eigenvalue weighted by atomic mass is 16.5. The third-order valence-electron chi connectivity index (χ3n) is 4.50. The van der Waals surface area contributed by atoms with Crippen LogP contribution in [0.15, 0.2) is 78.9 Å². The monoisotopic (exact) mass is 432 g/mol. The van der Waals surface area contributed by atoms with Gasteiger partial charge in [0.1, 0.15) is 24.7 Å². The smallest absolute Gasteiger partial charge is 0.255 e. The molecule has 166 valence electrons. The number of para-hydroxylation sites is 1. The Kier molecular flexibility index (Phi) is 8.26. The zero-order chi connectivity index (χ0) is 22.8. The Morgan fingerprint density at radius 1 is 0.719 bits per heavy atom. The quantitative estimate of drug-likeness (QED) is 0.422. The van der Waals surface area contributed by atoms with E-state index in [0.717, 1.165) is 5.75 Å². The van der Waals surface area contributed by atoms with Crippen molar-refractivity contribution in [2.45, 2.75) is 20.3 Å². The van der Waals surface area contributed by atoms with Crippen LogP contribution in [0, 0.1) is 5.92 Å². The van der Waals surface area contributed by atoms with Crippen LogP contribution in [0.2, 0.25) is 0 Å². The van der Waals surface area contributed by atoms with E-state index >= 15 is 0 Å². The largest absolute Gasteiger partial charge is 0.490 e. The molecule has 0 fully saturated rings. The molecule has 0 heterocycles. The molecule has 32 heavy (non-hydrogen) atoms. The summed E-state index contributed by atoms with van der Waals surface area (Å²) in [6.07, 6.45) is 0.470. The molecule has 3 aromatic rings. The predicted octanol–water partition coefficient (Wildman–Crippen LogP) is 5.38. The number of rotatable bonds is 10. The second-order valence-electron chi connectivity index (χ2n) is 7.71. The molecule has 0 atom stereocenters. The fourth-order valence-electron chi connectivity index (χ4n) is 2.96. The van der Waals surface area contributed by atoms with Crippen molar-refractivity contribution in [2.75, 3.05) is 23.8 Å². The van der Waals surface area contributed by atoms with E-state index in [-0.39, 0.29) is 11.8 Å². The molecule has 0 saturated carbocycles. The van der Waals surface area contributed by atoms with Gasteiger partial charge >= 0.3 is 0 Å². The summed E-state index contributed by atoms with van der Waals surface area (Å²) in [6, 6.07) is 23.5. The Labute approximate surface area is 188 Å². The number of ether oxygens (including phenoxy) is 2. The summed E-state index contributed by atoms with van der Waals surface area (Å²) in [4.78, 5) is 24.3. The second-order valence-corrected chi connectivity index (χ2v) is 7.71. The molecule has 0 aliphatic heterocycles. The number of carbonyl (C=O) groups is 2. The summed E-state index contributed by atoms with van der Waals surface area (Å²) >= 11 is 0. The van der Waals surface area contributed by atoms with Gasteiger partial charge in [-0.15, -0.1) is 0 Å². The van der Waals surface area contributed by atoms with E-state index < -0.39 is 0 Å². The number of nitrogens with one attached hydrogen (secondary N) is 2. The van der Waals surface area contributed by atoms with Crippen LogP contribution in [0.3, 0.4) is 0 Å². The van der Waals surface area contributed by atoms with E-state index in [9.17, 15) is 9.59 Å². The van der Waals surface area contributed by atoms with E-state index in [4.69, 9.17) is 9.47 Å². The second kappa shape index (κ2) is 11.6. The first-order chi connectivity index (χ1) is 15.5. The molecule has 0 aromatic heterocycles. The van der Waals surface area contributed by atoms with E-state index in [1.807, 2.05) is 44.2 Å². The van der Waals surface area contributed by atoms with Crippen LogP contribution in [-0.2, 0) is 4.79 Å². The number of hydrogen-bond acceptors (Lipinski definition) is 4. The zero-order valence-electron chi connectivity index (χ0n) is 18.3. The molecule has 0 saturated heterocycles. The Bertz CT molecular complexity index is 1000. The van der Waals surface area contributed by atoms with Gasteiger partial charge in [-0.1, -0.05) is 32.0 Å². The predicted molar refractivity (Wildman–Crippen MR) is 126 cm³/mol. The number of amides is 2. The molecule has 0 aliphatic carbocycles. The van der Waals surface area contributed by atoms with Gasteiger partial charge in [0, 0.05) is 23.4 Å². The average Bonchev–Trinajstić information content (AvgIpc) is 2.78. The first-order valence-corrected chi connectivity index (χ1v) is 10.6. The van der Waals surface area contributed by atoms with Crippen LogP contribution in [0.1, 0.15) is 30.6 Å². The highest BCUT2D eigenvalue weighted by Crippen LogP contribution is 2.17. The highest BCUT2D eigenvalue weighted by Gasteiger charge is 2.08. The fourth-order valence-corrected chi connectivity index (χ4v) is 2.96. The molecule has 3 rings (SSSR count). The first-order valence-electron chi connectivity index (χ1n) is 10.6. The molecule has 2 N–H and O–H groups in total. The van der Waals surface area contributed by atoms with Crippen molar-refractivity contribution in [2.24, 2.45) is 5.92 Å². The molecular formula is C26H28N2O4. The lowest BCUT2D eigenvalue weighted by molar-refractivity contribution is -0.116. The van der Waals surface area contributed by atoms with E-state index in [2.05, 4.69) is 10.6 Å². The molecule has 0 radical (unpaired) electrons. The van der Waals surface area contributed by atoms with Crippen molar-refractivity contribution < 1.29 is 19.1 Å². The minimum atomic E-state index is -0.222. The van der Waals surface area contributed by atoms with Gasteiger partial charge in [0.25, 0.3) is 5.91 Å². The van der Waals surface area contributed by atoms with Gasteiger partial charge in [-0.05, 0) is 66.6 Å². The van der Waals surface area contributed by atoms with Gasteiger partial charge in [-0.25, -0.2) is 0 Å². The summed E-state index contributed by atoms with van der Waals surface area (Å²) in [5.41, 5.74) is 1.87. The van der Waals surface area contributed by atoms with E-state index in [0.29, 0.717) is 48.2 Å². The lowest BCUT2D eigenvalue weighted by atomic mass is 10.1. The number of hydrogen-bond donors (Lipinski definition) is 2. The van der Waals surface area contributed by atoms with Crippen LogP contribution in [0.5, 0.6) is 11.5 Å². The molecule has 3 aromatic carbocycles. The Morgan fingerprint density at radius 3 is 1.81 bits per heavy atom. The molecular weight excluding hydrogens is 404 g/mol. The summed E-state index contributed by atoms with van der Waals surface area (Å²) in [5, 5.41) is 5.70. The fraction of sp³-hybridized carbons (Fsp3) is 0.231. The van der Waals surface area contributed by atoms with Gasteiger partial charge in [0.2, 0.25) is 5.91 Å². The minimum absolute atomic E-state index is 0.0225. The first kappa shape index (κ1) is 22.9. The molecule has 6 nitrogen and oxygen atoms in total. The number of benzene rings is 3. The van der Waals surface area contributed by atoms with E-state index in [1.54, 1.807) is 48.5 Å². The highest BCUT2D eigenvalue weighted by molar-refractivity contribution is 6.04. The zero-order valence-corrected chi connectivity index (χ0v) is 18.3. The van der Waals surface area contributed by atoms with Gasteiger partial charge in [-0.3, -0.25) is 9.59 Å². The lowest BCUT2D eigenvalue weighted by Crippen LogP contribution is -2.14. The SMILES string of the molecule is CC(C)CC(=O)Nc1ccc(NC(=O)c2ccc(OCCOc3ccccc3)cc2)cc1. The van der Waals surface area contributed by atoms with Crippen molar-refractivity contribution in [3.63, 3.8) is 0 Å². The van der Waals surface area contributed by atoms with Crippen LogP contribution >= 0.6 is 0 Å². The van der Waals surface area contributed by atoms with Gasteiger partial charge in [0.05, 0.1) is 0 Å². The normalized spacial score (nSPS) is 10.5. The van der Waals surface area contributed by atoms with Crippen molar-refractivity contribution >= 4 is 23.2 Å². The van der Waals surface area contributed by atoms with Crippen LogP contribution in [-0.4, -0.2) is 25.0 Å². The Balaban J connectivity index is 1.44. The maximum absolute atomic E-state index is 12.5. The number of anilines is 2. The Hall–Kier alpha value is -3.80. The molecule has 0 unspecified atom stereocenters. The number of carbonyl (C=O) groups excluding carboxylic acids is 2. The average molecular weight is 433 g/mol. The third kappa shape index (κ3) is 7.47. The Morgan fingerprint density at radius 2 is 1.25 bits per heavy atom. The molecule has 0 bridgehead atoms. The standard InChI is InChI=1S/C26H28N2O4/c1-19(2)18-25(29)27-21-10-12-22(13-11-21)28-26(30)20-8-14-24(15-9-20)32-17-16-31-23-6-4-3-5-7-23/h3-15,19H,16-18H2,1-2H3,(H,27,29)(H,28,30).